The number of carbonyl (C=O) groups is 1. The van der Waals surface area contributed by atoms with Crippen molar-refractivity contribution in [2.24, 2.45) is 10.9 Å². The molecule has 1 aliphatic carbocycles. The highest BCUT2D eigenvalue weighted by atomic mass is 16.1. The summed E-state index contributed by atoms with van der Waals surface area (Å²) in [6.45, 7) is 20.2. The van der Waals surface area contributed by atoms with E-state index in [9.17, 15) is 4.79 Å². The second-order valence-electron chi connectivity index (χ2n) is 9.37. The lowest BCUT2D eigenvalue weighted by Gasteiger charge is -2.17. The van der Waals surface area contributed by atoms with E-state index in [1.165, 1.54) is 24.0 Å². The van der Waals surface area contributed by atoms with Gasteiger partial charge in [-0.1, -0.05) is 80.5 Å². The number of benzene rings is 1. The predicted octanol–water partition coefficient (Wildman–Crippen LogP) is 8.87. The second kappa shape index (κ2) is 12.3. The third-order valence-corrected chi connectivity index (χ3v) is 6.84. The molecular formula is C33H37NO. The van der Waals surface area contributed by atoms with Crippen LogP contribution in [-0.2, 0) is 4.79 Å². The Morgan fingerprint density at radius 3 is 2.63 bits per heavy atom. The van der Waals surface area contributed by atoms with Crippen LogP contribution in [-0.4, -0.2) is 11.5 Å². The van der Waals surface area contributed by atoms with E-state index in [4.69, 9.17) is 4.99 Å². The Bertz CT molecular complexity index is 1200. The zero-order chi connectivity index (χ0) is 25.4. The minimum absolute atomic E-state index is 0.0733. The largest absolute Gasteiger partial charge is 0.290 e. The van der Waals surface area contributed by atoms with Gasteiger partial charge in [0.15, 0.2) is 5.78 Å². The van der Waals surface area contributed by atoms with E-state index in [1.807, 2.05) is 36.4 Å². The van der Waals surface area contributed by atoms with E-state index in [2.05, 4.69) is 52.3 Å². The highest BCUT2D eigenvalue weighted by Gasteiger charge is 2.20. The monoisotopic (exact) mass is 463 g/mol. The van der Waals surface area contributed by atoms with Crippen LogP contribution in [0.15, 0.2) is 102 Å². The van der Waals surface area contributed by atoms with Crippen LogP contribution in [0.2, 0.25) is 0 Å². The summed E-state index contributed by atoms with van der Waals surface area (Å²) < 4.78 is 0. The maximum absolute atomic E-state index is 12.8. The molecule has 0 spiro atoms. The first-order valence-corrected chi connectivity index (χ1v) is 12.4. The van der Waals surface area contributed by atoms with Crippen molar-refractivity contribution in [2.75, 3.05) is 0 Å². The summed E-state index contributed by atoms with van der Waals surface area (Å²) in [5, 5.41) is 0. The Balaban J connectivity index is 1.98. The van der Waals surface area contributed by atoms with E-state index in [0.29, 0.717) is 23.6 Å². The van der Waals surface area contributed by atoms with Crippen molar-refractivity contribution >= 4 is 29.3 Å². The minimum atomic E-state index is -0.0733. The molecule has 0 aromatic heterocycles. The van der Waals surface area contributed by atoms with Gasteiger partial charge in [0.2, 0.25) is 0 Å². The van der Waals surface area contributed by atoms with Crippen LogP contribution in [0.4, 0.5) is 0 Å². The molecule has 1 fully saturated rings. The normalized spacial score (nSPS) is 20.3. The molecule has 0 saturated heterocycles. The van der Waals surface area contributed by atoms with Crippen molar-refractivity contribution in [3.8, 4) is 0 Å². The third kappa shape index (κ3) is 6.76. The number of nitrogens with zero attached hydrogens (tertiary/aromatic N) is 1. The quantitative estimate of drug-likeness (QED) is 0.172. The van der Waals surface area contributed by atoms with Crippen molar-refractivity contribution in [1.29, 1.82) is 0 Å². The highest BCUT2D eigenvalue weighted by molar-refractivity contribution is 6.17. The van der Waals surface area contributed by atoms with Crippen LogP contribution in [0.3, 0.4) is 0 Å². The molecule has 1 unspecified atom stereocenters. The summed E-state index contributed by atoms with van der Waals surface area (Å²) in [6.07, 6.45) is 19.7. The average Bonchev–Trinajstić information content (AvgIpc) is 3.16. The number of aliphatic imine (C=N–C) groups is 1. The zero-order valence-corrected chi connectivity index (χ0v) is 21.3. The number of hydrogen-bond donors (Lipinski definition) is 0. The van der Waals surface area contributed by atoms with Gasteiger partial charge in [-0.2, -0.15) is 0 Å². The van der Waals surface area contributed by atoms with E-state index in [-0.39, 0.29) is 5.78 Å². The molecule has 0 amide bonds. The Kier molecular flexibility index (Phi) is 9.14. The summed E-state index contributed by atoms with van der Waals surface area (Å²) >= 11 is 0. The fourth-order valence-electron chi connectivity index (χ4n) is 4.69. The molecule has 3 rings (SSSR count). The van der Waals surface area contributed by atoms with Gasteiger partial charge in [-0.3, -0.25) is 9.79 Å². The fraction of sp³-hybridized carbons (Fsp3) is 0.273. The SMILES string of the molecule is C=C/C=C/c1ccc(C2=CC(=O)C(=C)CC(/C(C)=C\C(=C/C)C3CCCC(=C)CC3)=N2)cc1C=C. The Hall–Kier alpha value is -3.52. The van der Waals surface area contributed by atoms with Crippen LogP contribution >= 0.6 is 0 Å². The van der Waals surface area contributed by atoms with Crippen LogP contribution in [0.5, 0.6) is 0 Å². The first kappa shape index (κ1) is 26.1. The van der Waals surface area contributed by atoms with E-state index in [0.717, 1.165) is 47.2 Å². The molecule has 2 heteroatoms. The number of ketones is 1. The molecule has 0 N–H and O–H groups in total. The lowest BCUT2D eigenvalue weighted by molar-refractivity contribution is -0.111. The maximum atomic E-state index is 12.8. The van der Waals surface area contributed by atoms with Gasteiger partial charge in [-0.15, -0.1) is 0 Å². The predicted molar refractivity (Wildman–Crippen MR) is 153 cm³/mol. The molecule has 0 bridgehead atoms. The van der Waals surface area contributed by atoms with Gasteiger partial charge in [0, 0.05) is 23.8 Å². The average molecular weight is 464 g/mol. The van der Waals surface area contributed by atoms with Crippen molar-refractivity contribution < 1.29 is 4.79 Å². The van der Waals surface area contributed by atoms with Gasteiger partial charge in [0.1, 0.15) is 0 Å². The lowest BCUT2D eigenvalue weighted by Crippen LogP contribution is -2.07. The summed E-state index contributed by atoms with van der Waals surface area (Å²) in [4.78, 5) is 17.8. The van der Waals surface area contributed by atoms with Crippen LogP contribution in [0, 0.1) is 5.92 Å². The second-order valence-corrected chi connectivity index (χ2v) is 9.37. The molecule has 0 radical (unpaired) electrons. The first-order chi connectivity index (χ1) is 16.9. The van der Waals surface area contributed by atoms with Crippen LogP contribution in [0.1, 0.15) is 69.1 Å². The van der Waals surface area contributed by atoms with E-state index in [1.54, 1.807) is 12.2 Å². The van der Waals surface area contributed by atoms with Crippen LogP contribution < -0.4 is 0 Å². The van der Waals surface area contributed by atoms with E-state index < -0.39 is 0 Å². The van der Waals surface area contributed by atoms with Gasteiger partial charge in [0.25, 0.3) is 0 Å². The van der Waals surface area contributed by atoms with E-state index >= 15 is 0 Å². The first-order valence-electron chi connectivity index (χ1n) is 12.4. The Morgan fingerprint density at radius 1 is 1.11 bits per heavy atom. The molecule has 1 aliphatic heterocycles. The van der Waals surface area contributed by atoms with Gasteiger partial charge < -0.3 is 0 Å². The summed E-state index contributed by atoms with van der Waals surface area (Å²) in [7, 11) is 0. The molecular weight excluding hydrogens is 426 g/mol. The molecule has 180 valence electrons. The highest BCUT2D eigenvalue weighted by Crippen LogP contribution is 2.33. The standard InChI is InChI=1S/C33H37NO/c1-7-10-13-28-17-18-30(21-27(28)9-3)32-22-33(35)25(6)20-31(34-32)24(5)19-26(8-2)29-14-11-12-23(4)15-16-29/h7-10,13,17-19,21-22,29H,1,3-4,6,11-12,14-16,20H2,2,5H3/b13-10+,24-19-,26-8+. The fourth-order valence-corrected chi connectivity index (χ4v) is 4.69. The Labute approximate surface area is 211 Å². The lowest BCUT2D eigenvalue weighted by atomic mass is 9.89. The maximum Gasteiger partial charge on any atom is 0.183 e. The molecule has 1 heterocycles. The number of hydrogen-bond acceptors (Lipinski definition) is 2. The van der Waals surface area contributed by atoms with Crippen molar-refractivity contribution in [3.05, 3.63) is 114 Å². The smallest absolute Gasteiger partial charge is 0.183 e. The molecule has 1 aromatic rings. The van der Waals surface area contributed by atoms with Gasteiger partial charge in [-0.05, 0) is 85.8 Å². The molecule has 2 aliphatic rings. The summed E-state index contributed by atoms with van der Waals surface area (Å²) in [5.41, 5.74) is 8.81. The molecule has 1 atom stereocenters. The topological polar surface area (TPSA) is 29.4 Å². The van der Waals surface area contributed by atoms with Gasteiger partial charge in [0.05, 0.1) is 5.70 Å². The van der Waals surface area contributed by atoms with Gasteiger partial charge in [-0.25, -0.2) is 0 Å². The van der Waals surface area contributed by atoms with Gasteiger partial charge >= 0.3 is 0 Å². The molecule has 1 saturated carbocycles. The Morgan fingerprint density at radius 2 is 1.91 bits per heavy atom. The zero-order valence-electron chi connectivity index (χ0n) is 21.3. The number of carbonyl (C=O) groups excluding carboxylic acids is 1. The molecule has 2 nitrogen and oxygen atoms in total. The minimum Gasteiger partial charge on any atom is -0.290 e. The van der Waals surface area contributed by atoms with Crippen molar-refractivity contribution in [1.82, 2.24) is 0 Å². The summed E-state index contributed by atoms with van der Waals surface area (Å²) in [6, 6.07) is 6.05. The number of allylic oxidation sites excluding steroid dienone is 9. The summed E-state index contributed by atoms with van der Waals surface area (Å²) in [5.74, 6) is 0.461. The third-order valence-electron chi connectivity index (χ3n) is 6.84. The molecule has 35 heavy (non-hydrogen) atoms. The molecule has 1 aromatic carbocycles. The van der Waals surface area contributed by atoms with Crippen molar-refractivity contribution in [2.45, 2.75) is 52.4 Å². The van der Waals surface area contributed by atoms with Crippen molar-refractivity contribution in [3.63, 3.8) is 0 Å². The van der Waals surface area contributed by atoms with Crippen LogP contribution in [0.25, 0.3) is 17.8 Å². The number of rotatable bonds is 7.